The number of hydrogen-bond donors (Lipinski definition) is 2. The zero-order chi connectivity index (χ0) is 14.3. The fraction of sp³-hybridized carbons (Fsp3) is 0.875. The molecule has 0 saturated heterocycles. The number of hydrogen-bond acceptors (Lipinski definition) is 3. The zero-order valence-electron chi connectivity index (χ0n) is 13.0. The molecule has 1 aliphatic carbocycles. The quantitative estimate of drug-likeness (QED) is 0.698. The second-order valence-electron chi connectivity index (χ2n) is 7.06. The van der Waals surface area contributed by atoms with Gasteiger partial charge >= 0.3 is 0 Å². The number of allylic oxidation sites excluding steroid dienone is 2. The van der Waals surface area contributed by atoms with Crippen LogP contribution in [0, 0.1) is 17.3 Å². The molecule has 0 heterocycles. The first-order valence-corrected chi connectivity index (χ1v) is 7.50. The van der Waals surface area contributed by atoms with Crippen molar-refractivity contribution in [3.8, 4) is 0 Å². The van der Waals surface area contributed by atoms with Crippen LogP contribution in [0.2, 0.25) is 0 Å². The van der Waals surface area contributed by atoms with Crippen LogP contribution in [0.4, 0.5) is 0 Å². The Kier molecular flexibility index (Phi) is 7.05. The minimum Gasteiger partial charge on any atom is -0.389 e. The predicted molar refractivity (Wildman–Crippen MR) is 80.2 cm³/mol. The summed E-state index contributed by atoms with van der Waals surface area (Å²) < 4.78 is 5.66. The summed E-state index contributed by atoms with van der Waals surface area (Å²) in [6.07, 6.45) is 6.36. The van der Waals surface area contributed by atoms with E-state index in [-0.39, 0.29) is 5.41 Å². The topological polar surface area (TPSA) is 41.5 Å². The van der Waals surface area contributed by atoms with Crippen LogP contribution >= 0.6 is 0 Å². The molecule has 19 heavy (non-hydrogen) atoms. The molecule has 1 aliphatic rings. The van der Waals surface area contributed by atoms with E-state index in [0.717, 1.165) is 26.0 Å². The summed E-state index contributed by atoms with van der Waals surface area (Å²) in [7, 11) is 0. The van der Waals surface area contributed by atoms with Gasteiger partial charge in [-0.05, 0) is 30.1 Å². The second-order valence-corrected chi connectivity index (χ2v) is 7.06. The van der Waals surface area contributed by atoms with Crippen molar-refractivity contribution in [3.63, 3.8) is 0 Å². The number of rotatable bonds is 7. The summed E-state index contributed by atoms with van der Waals surface area (Å²) in [6.45, 7) is 11.5. The van der Waals surface area contributed by atoms with E-state index in [1.807, 2.05) is 0 Å². The van der Waals surface area contributed by atoms with Crippen LogP contribution in [0.5, 0.6) is 0 Å². The number of ether oxygens (including phenoxy) is 1. The van der Waals surface area contributed by atoms with E-state index < -0.39 is 6.10 Å². The Labute approximate surface area is 118 Å². The Bertz CT molecular complexity index is 270. The van der Waals surface area contributed by atoms with Gasteiger partial charge in [-0.3, -0.25) is 0 Å². The van der Waals surface area contributed by atoms with Gasteiger partial charge in [0, 0.05) is 13.1 Å². The summed E-state index contributed by atoms with van der Waals surface area (Å²) in [5, 5.41) is 13.1. The molecule has 3 atom stereocenters. The zero-order valence-corrected chi connectivity index (χ0v) is 13.0. The highest BCUT2D eigenvalue weighted by atomic mass is 16.5. The van der Waals surface area contributed by atoms with Crippen LogP contribution in [-0.2, 0) is 4.74 Å². The molecule has 0 fully saturated rings. The maximum Gasteiger partial charge on any atom is 0.0897 e. The Morgan fingerprint density at radius 1 is 1.32 bits per heavy atom. The summed E-state index contributed by atoms with van der Waals surface area (Å²) in [5.41, 5.74) is 0.254. The second kappa shape index (κ2) is 8.03. The van der Waals surface area contributed by atoms with Crippen molar-refractivity contribution in [2.75, 3.05) is 26.3 Å². The van der Waals surface area contributed by atoms with Crippen LogP contribution in [0.3, 0.4) is 0 Å². The van der Waals surface area contributed by atoms with Crippen molar-refractivity contribution in [1.29, 1.82) is 0 Å². The molecule has 0 bridgehead atoms. The molecule has 0 spiro atoms. The molecular formula is C16H31NO2. The van der Waals surface area contributed by atoms with E-state index in [0.29, 0.717) is 25.0 Å². The molecule has 3 heteroatoms. The van der Waals surface area contributed by atoms with Gasteiger partial charge in [-0.2, -0.15) is 0 Å². The lowest BCUT2D eigenvalue weighted by Crippen LogP contribution is -2.36. The third kappa shape index (κ3) is 7.71. The maximum absolute atomic E-state index is 9.84. The molecule has 0 aliphatic heterocycles. The Hall–Kier alpha value is -0.380. The average molecular weight is 269 g/mol. The van der Waals surface area contributed by atoms with Crippen molar-refractivity contribution in [3.05, 3.63) is 12.2 Å². The van der Waals surface area contributed by atoms with Gasteiger partial charge in [0.15, 0.2) is 0 Å². The van der Waals surface area contributed by atoms with Gasteiger partial charge in [0.25, 0.3) is 0 Å². The largest absolute Gasteiger partial charge is 0.389 e. The molecule has 0 amide bonds. The SMILES string of the molecule is CC1CC=CCC1COCC(O)CNCC(C)(C)C. The van der Waals surface area contributed by atoms with Gasteiger partial charge in [-0.25, -0.2) is 0 Å². The van der Waals surface area contributed by atoms with Crippen LogP contribution < -0.4 is 5.32 Å². The third-order valence-corrected chi connectivity index (χ3v) is 3.60. The normalized spacial score (nSPS) is 25.5. The van der Waals surface area contributed by atoms with Gasteiger partial charge in [0.05, 0.1) is 19.3 Å². The van der Waals surface area contributed by atoms with Crippen molar-refractivity contribution in [1.82, 2.24) is 5.32 Å². The predicted octanol–water partition coefficient (Wildman–Crippen LogP) is 2.60. The molecule has 0 aromatic carbocycles. The lowest BCUT2D eigenvalue weighted by molar-refractivity contribution is 0.0123. The van der Waals surface area contributed by atoms with Crippen molar-refractivity contribution in [2.24, 2.45) is 17.3 Å². The number of nitrogens with one attached hydrogen (secondary N) is 1. The number of aliphatic hydroxyl groups is 1. The molecule has 1 rings (SSSR count). The summed E-state index contributed by atoms with van der Waals surface area (Å²) >= 11 is 0. The number of aliphatic hydroxyl groups excluding tert-OH is 1. The molecule has 0 saturated carbocycles. The average Bonchev–Trinajstić information content (AvgIpc) is 2.30. The molecule has 3 unspecified atom stereocenters. The minimum absolute atomic E-state index is 0.254. The highest BCUT2D eigenvalue weighted by molar-refractivity contribution is 4.93. The Morgan fingerprint density at radius 3 is 2.63 bits per heavy atom. The van der Waals surface area contributed by atoms with Crippen LogP contribution in [0.25, 0.3) is 0 Å². The van der Waals surface area contributed by atoms with E-state index in [1.54, 1.807) is 0 Å². The van der Waals surface area contributed by atoms with E-state index in [9.17, 15) is 5.11 Å². The monoisotopic (exact) mass is 269 g/mol. The maximum atomic E-state index is 9.84. The Morgan fingerprint density at radius 2 is 2.00 bits per heavy atom. The van der Waals surface area contributed by atoms with Gasteiger partial charge in [-0.15, -0.1) is 0 Å². The Balaban J connectivity index is 2.07. The molecule has 2 N–H and O–H groups in total. The summed E-state index contributed by atoms with van der Waals surface area (Å²) in [5.74, 6) is 1.31. The molecule has 3 nitrogen and oxygen atoms in total. The highest BCUT2D eigenvalue weighted by Crippen LogP contribution is 2.24. The molecular weight excluding hydrogens is 238 g/mol. The van der Waals surface area contributed by atoms with Crippen LogP contribution in [0.1, 0.15) is 40.5 Å². The highest BCUT2D eigenvalue weighted by Gasteiger charge is 2.18. The molecule has 0 aromatic heterocycles. The van der Waals surface area contributed by atoms with E-state index in [2.05, 4.69) is 45.2 Å². The van der Waals surface area contributed by atoms with Gasteiger partial charge < -0.3 is 15.2 Å². The first kappa shape index (κ1) is 16.7. The van der Waals surface area contributed by atoms with E-state index >= 15 is 0 Å². The van der Waals surface area contributed by atoms with E-state index in [4.69, 9.17) is 4.74 Å². The fourth-order valence-electron chi connectivity index (χ4n) is 2.27. The summed E-state index contributed by atoms with van der Waals surface area (Å²) in [6, 6.07) is 0. The summed E-state index contributed by atoms with van der Waals surface area (Å²) in [4.78, 5) is 0. The fourth-order valence-corrected chi connectivity index (χ4v) is 2.27. The standard InChI is InChI=1S/C16H31NO2/c1-13-7-5-6-8-14(13)10-19-11-15(18)9-17-12-16(2,3)4/h5-6,13-15,17-18H,7-12H2,1-4H3. The first-order valence-electron chi connectivity index (χ1n) is 7.50. The minimum atomic E-state index is -0.406. The van der Waals surface area contributed by atoms with Gasteiger partial charge in [0.1, 0.15) is 0 Å². The van der Waals surface area contributed by atoms with Gasteiger partial charge in [-0.1, -0.05) is 39.8 Å². The van der Waals surface area contributed by atoms with Crippen molar-refractivity contribution in [2.45, 2.75) is 46.6 Å². The van der Waals surface area contributed by atoms with Crippen LogP contribution in [0.15, 0.2) is 12.2 Å². The van der Waals surface area contributed by atoms with E-state index in [1.165, 1.54) is 0 Å². The first-order chi connectivity index (χ1) is 8.88. The van der Waals surface area contributed by atoms with Crippen molar-refractivity contribution < 1.29 is 9.84 Å². The lowest BCUT2D eigenvalue weighted by Gasteiger charge is -2.25. The van der Waals surface area contributed by atoms with Crippen LogP contribution in [-0.4, -0.2) is 37.5 Å². The molecule has 0 aromatic rings. The lowest BCUT2D eigenvalue weighted by atomic mass is 9.85. The third-order valence-electron chi connectivity index (χ3n) is 3.60. The van der Waals surface area contributed by atoms with Crippen molar-refractivity contribution >= 4 is 0 Å². The smallest absolute Gasteiger partial charge is 0.0897 e. The molecule has 0 radical (unpaired) electrons. The molecule has 112 valence electrons. The van der Waals surface area contributed by atoms with Gasteiger partial charge in [0.2, 0.25) is 0 Å².